The Kier molecular flexibility index (Phi) is 5.19. The highest BCUT2D eigenvalue weighted by Gasteiger charge is 2.15. The number of nitrogens with zero attached hydrogens (tertiary/aromatic N) is 2. The van der Waals surface area contributed by atoms with Crippen LogP contribution in [-0.2, 0) is 4.79 Å². The molecule has 2 rings (SSSR count). The van der Waals surface area contributed by atoms with E-state index in [0.717, 1.165) is 11.6 Å². The van der Waals surface area contributed by atoms with Crippen LogP contribution in [0.25, 0.3) is 6.08 Å². The van der Waals surface area contributed by atoms with Crippen LogP contribution in [0.15, 0.2) is 48.8 Å². The number of hydrogen-bond donors (Lipinski definition) is 1. The fourth-order valence-electron chi connectivity index (χ4n) is 1.86. The van der Waals surface area contributed by atoms with Gasteiger partial charge in [-0.1, -0.05) is 0 Å². The van der Waals surface area contributed by atoms with Crippen molar-refractivity contribution in [2.75, 3.05) is 19.4 Å². The van der Waals surface area contributed by atoms with Gasteiger partial charge in [-0.2, -0.15) is 0 Å². The summed E-state index contributed by atoms with van der Waals surface area (Å²) in [5, 5.41) is 2.59. The molecule has 2 aromatic rings. The standard InChI is InChI=1S/C17H16FN3O2/c1-21(2)17(23)14-11-13(18)4-5-15(14)20-16(22)6-3-12-7-9-19-10-8-12/h3-11H,1-2H3,(H,20,22). The minimum absolute atomic E-state index is 0.0978. The SMILES string of the molecule is CN(C)C(=O)c1cc(F)ccc1NC(=O)C=Cc1ccncc1. The number of anilines is 1. The molecule has 0 bridgehead atoms. The van der Waals surface area contributed by atoms with Crippen LogP contribution in [0, 0.1) is 5.82 Å². The lowest BCUT2D eigenvalue weighted by Crippen LogP contribution is -2.24. The lowest BCUT2D eigenvalue weighted by Gasteiger charge is -2.14. The average molecular weight is 313 g/mol. The van der Waals surface area contributed by atoms with Crippen LogP contribution in [0.3, 0.4) is 0 Å². The Bertz CT molecular complexity index is 743. The molecule has 0 aliphatic carbocycles. The largest absolute Gasteiger partial charge is 0.345 e. The van der Waals surface area contributed by atoms with Gasteiger partial charge >= 0.3 is 0 Å². The fourth-order valence-corrected chi connectivity index (χ4v) is 1.86. The zero-order valence-electron chi connectivity index (χ0n) is 12.8. The van der Waals surface area contributed by atoms with Gasteiger partial charge in [-0.05, 0) is 42.0 Å². The van der Waals surface area contributed by atoms with Gasteiger partial charge in [0.05, 0.1) is 11.3 Å². The summed E-state index contributed by atoms with van der Waals surface area (Å²) >= 11 is 0. The topological polar surface area (TPSA) is 62.3 Å². The molecule has 2 amide bonds. The van der Waals surface area contributed by atoms with Gasteiger partial charge in [0.25, 0.3) is 5.91 Å². The number of amides is 2. The average Bonchev–Trinajstić information content (AvgIpc) is 2.55. The first-order valence-corrected chi connectivity index (χ1v) is 6.87. The van der Waals surface area contributed by atoms with E-state index in [2.05, 4.69) is 10.3 Å². The molecule has 0 saturated carbocycles. The van der Waals surface area contributed by atoms with E-state index >= 15 is 0 Å². The highest BCUT2D eigenvalue weighted by Crippen LogP contribution is 2.18. The predicted molar refractivity (Wildman–Crippen MR) is 86.3 cm³/mol. The van der Waals surface area contributed by atoms with Crippen LogP contribution in [0.5, 0.6) is 0 Å². The lowest BCUT2D eigenvalue weighted by molar-refractivity contribution is -0.111. The number of halogens is 1. The van der Waals surface area contributed by atoms with E-state index in [9.17, 15) is 14.0 Å². The van der Waals surface area contributed by atoms with Crippen molar-refractivity contribution in [2.24, 2.45) is 0 Å². The van der Waals surface area contributed by atoms with Crippen LogP contribution >= 0.6 is 0 Å². The molecule has 0 atom stereocenters. The first kappa shape index (κ1) is 16.4. The second-order valence-corrected chi connectivity index (χ2v) is 4.99. The molecule has 0 aliphatic rings. The zero-order valence-corrected chi connectivity index (χ0v) is 12.8. The Hall–Kier alpha value is -3.02. The quantitative estimate of drug-likeness (QED) is 0.883. The van der Waals surface area contributed by atoms with Crippen molar-refractivity contribution < 1.29 is 14.0 Å². The summed E-state index contributed by atoms with van der Waals surface area (Å²) in [6, 6.07) is 7.16. The second kappa shape index (κ2) is 7.31. The summed E-state index contributed by atoms with van der Waals surface area (Å²) in [7, 11) is 3.12. The van der Waals surface area contributed by atoms with E-state index in [4.69, 9.17) is 0 Å². The number of nitrogens with one attached hydrogen (secondary N) is 1. The fraction of sp³-hybridized carbons (Fsp3) is 0.118. The molecular formula is C17H16FN3O2. The number of rotatable bonds is 4. The Morgan fingerprint density at radius 3 is 2.52 bits per heavy atom. The van der Waals surface area contributed by atoms with Crippen molar-refractivity contribution in [1.82, 2.24) is 9.88 Å². The third kappa shape index (κ3) is 4.47. The maximum Gasteiger partial charge on any atom is 0.255 e. The minimum atomic E-state index is -0.541. The zero-order chi connectivity index (χ0) is 16.8. The second-order valence-electron chi connectivity index (χ2n) is 4.99. The van der Waals surface area contributed by atoms with E-state index in [1.165, 1.54) is 23.1 Å². The number of carbonyl (C=O) groups excluding carboxylic acids is 2. The summed E-state index contributed by atoms with van der Waals surface area (Å²) in [5.41, 5.74) is 1.17. The molecule has 0 unspecified atom stereocenters. The molecule has 1 heterocycles. The molecule has 1 aromatic carbocycles. The molecule has 0 saturated heterocycles. The monoisotopic (exact) mass is 313 g/mol. The van der Waals surface area contributed by atoms with E-state index in [1.54, 1.807) is 44.7 Å². The molecule has 0 fully saturated rings. The van der Waals surface area contributed by atoms with E-state index < -0.39 is 17.6 Å². The van der Waals surface area contributed by atoms with E-state index in [1.807, 2.05) is 0 Å². The highest BCUT2D eigenvalue weighted by molar-refractivity contribution is 6.07. The number of aromatic nitrogens is 1. The Balaban J connectivity index is 2.18. The number of carbonyl (C=O) groups is 2. The molecule has 0 aliphatic heterocycles. The number of hydrogen-bond acceptors (Lipinski definition) is 3. The normalized spacial score (nSPS) is 10.6. The molecule has 1 aromatic heterocycles. The predicted octanol–water partition coefficient (Wildman–Crippen LogP) is 2.57. The van der Waals surface area contributed by atoms with Crippen molar-refractivity contribution in [3.63, 3.8) is 0 Å². The maximum absolute atomic E-state index is 13.4. The number of pyridine rings is 1. The van der Waals surface area contributed by atoms with Crippen LogP contribution in [0.1, 0.15) is 15.9 Å². The van der Waals surface area contributed by atoms with Gasteiger partial charge in [0, 0.05) is 32.6 Å². The Labute approximate surface area is 133 Å². The van der Waals surface area contributed by atoms with Gasteiger partial charge in [-0.25, -0.2) is 4.39 Å². The van der Waals surface area contributed by atoms with Gasteiger partial charge in [-0.15, -0.1) is 0 Å². The first-order chi connectivity index (χ1) is 11.0. The molecule has 23 heavy (non-hydrogen) atoms. The van der Waals surface area contributed by atoms with E-state index in [-0.39, 0.29) is 11.3 Å². The van der Waals surface area contributed by atoms with Crippen molar-refractivity contribution in [3.8, 4) is 0 Å². The molecule has 6 heteroatoms. The lowest BCUT2D eigenvalue weighted by atomic mass is 10.1. The highest BCUT2D eigenvalue weighted by atomic mass is 19.1. The molecule has 5 nitrogen and oxygen atoms in total. The van der Waals surface area contributed by atoms with Crippen LogP contribution in [0.4, 0.5) is 10.1 Å². The smallest absolute Gasteiger partial charge is 0.255 e. The minimum Gasteiger partial charge on any atom is -0.345 e. The molecule has 0 spiro atoms. The summed E-state index contributed by atoms with van der Waals surface area (Å²) in [6.07, 6.45) is 6.19. The number of benzene rings is 1. The van der Waals surface area contributed by atoms with Crippen LogP contribution in [0.2, 0.25) is 0 Å². The van der Waals surface area contributed by atoms with Crippen molar-refractivity contribution >= 4 is 23.6 Å². The summed E-state index contributed by atoms with van der Waals surface area (Å²) in [4.78, 5) is 29.2. The summed E-state index contributed by atoms with van der Waals surface area (Å²) in [6.45, 7) is 0. The van der Waals surface area contributed by atoms with Gasteiger partial charge in [-0.3, -0.25) is 14.6 Å². The molecule has 0 radical (unpaired) electrons. The van der Waals surface area contributed by atoms with Gasteiger partial charge < -0.3 is 10.2 Å². The maximum atomic E-state index is 13.4. The third-order valence-electron chi connectivity index (χ3n) is 3.01. The van der Waals surface area contributed by atoms with Crippen molar-refractivity contribution in [1.29, 1.82) is 0 Å². The summed E-state index contributed by atoms with van der Waals surface area (Å²) in [5.74, 6) is -1.35. The van der Waals surface area contributed by atoms with Crippen molar-refractivity contribution in [3.05, 3.63) is 65.7 Å². The molecular weight excluding hydrogens is 297 g/mol. The van der Waals surface area contributed by atoms with Crippen molar-refractivity contribution in [2.45, 2.75) is 0 Å². The summed E-state index contributed by atoms with van der Waals surface area (Å²) < 4.78 is 13.4. The van der Waals surface area contributed by atoms with Gasteiger partial charge in [0.1, 0.15) is 5.82 Å². The third-order valence-corrected chi connectivity index (χ3v) is 3.01. The van der Waals surface area contributed by atoms with Gasteiger partial charge in [0.2, 0.25) is 5.91 Å². The van der Waals surface area contributed by atoms with Crippen LogP contribution in [-0.4, -0.2) is 35.8 Å². The Morgan fingerprint density at radius 1 is 1.17 bits per heavy atom. The van der Waals surface area contributed by atoms with Gasteiger partial charge in [0.15, 0.2) is 0 Å². The first-order valence-electron chi connectivity index (χ1n) is 6.87. The Morgan fingerprint density at radius 2 is 1.87 bits per heavy atom. The van der Waals surface area contributed by atoms with E-state index in [0.29, 0.717) is 0 Å². The van der Waals surface area contributed by atoms with Crippen LogP contribution < -0.4 is 5.32 Å². The molecule has 1 N–H and O–H groups in total. The molecule has 118 valence electrons.